The van der Waals surface area contributed by atoms with Crippen LogP contribution in [-0.2, 0) is 14.8 Å². The zero-order valence-corrected chi connectivity index (χ0v) is 18.0. The van der Waals surface area contributed by atoms with Crippen molar-refractivity contribution in [1.29, 1.82) is 5.26 Å². The summed E-state index contributed by atoms with van der Waals surface area (Å²) in [5.74, 6) is 0.621. The van der Waals surface area contributed by atoms with E-state index in [-0.39, 0.29) is 28.1 Å². The lowest BCUT2D eigenvalue weighted by Gasteiger charge is -2.26. The summed E-state index contributed by atoms with van der Waals surface area (Å²) in [6.45, 7) is 4.51. The van der Waals surface area contributed by atoms with Gasteiger partial charge in [0.05, 0.1) is 20.3 Å². The third-order valence-electron chi connectivity index (χ3n) is 4.72. The molecule has 0 unspecified atom stereocenters. The summed E-state index contributed by atoms with van der Waals surface area (Å²) in [7, 11) is 0.541. The van der Waals surface area contributed by atoms with Crippen LogP contribution in [0.4, 0.5) is 5.88 Å². The number of anilines is 1. The molecule has 1 aliphatic heterocycles. The normalized spacial score (nSPS) is 15.2. The molecule has 11 heteroatoms. The van der Waals surface area contributed by atoms with Gasteiger partial charge in [-0.25, -0.2) is 12.7 Å². The van der Waals surface area contributed by atoms with E-state index in [0.29, 0.717) is 25.3 Å². The maximum Gasteiger partial charge on any atom is 0.246 e. The van der Waals surface area contributed by atoms with E-state index in [1.165, 1.54) is 33.3 Å². The topological polar surface area (TPSA) is 121 Å². The van der Waals surface area contributed by atoms with Crippen molar-refractivity contribution in [1.82, 2.24) is 14.2 Å². The van der Waals surface area contributed by atoms with Gasteiger partial charge < -0.3 is 19.2 Å². The first-order valence-electron chi connectivity index (χ1n) is 9.42. The number of nitriles is 1. The van der Waals surface area contributed by atoms with Crippen LogP contribution in [0.25, 0.3) is 11.5 Å². The lowest BCUT2D eigenvalue weighted by Crippen LogP contribution is -2.39. The highest BCUT2D eigenvalue weighted by molar-refractivity contribution is 7.89. The van der Waals surface area contributed by atoms with Crippen LogP contribution in [0.1, 0.15) is 5.69 Å². The molecule has 3 rings (SSSR count). The molecule has 30 heavy (non-hydrogen) atoms. The van der Waals surface area contributed by atoms with Crippen molar-refractivity contribution in [3.8, 4) is 23.3 Å². The second-order valence-electron chi connectivity index (χ2n) is 6.84. The van der Waals surface area contributed by atoms with Gasteiger partial charge in [-0.1, -0.05) is 0 Å². The van der Waals surface area contributed by atoms with Gasteiger partial charge in [0.15, 0.2) is 0 Å². The van der Waals surface area contributed by atoms with Gasteiger partial charge in [0, 0.05) is 45.8 Å². The highest BCUT2D eigenvalue weighted by Gasteiger charge is 2.24. The van der Waals surface area contributed by atoms with E-state index in [2.05, 4.69) is 15.2 Å². The molecular formula is C19H25N5O5S. The molecule has 10 nitrogen and oxygen atoms in total. The van der Waals surface area contributed by atoms with Crippen LogP contribution in [0.5, 0.6) is 5.75 Å². The predicted molar refractivity (Wildman–Crippen MR) is 110 cm³/mol. The summed E-state index contributed by atoms with van der Waals surface area (Å²) in [6, 6.07) is 6.61. The summed E-state index contributed by atoms with van der Waals surface area (Å²) in [5, 5.41) is 12.5. The Morgan fingerprint density at radius 2 is 2.07 bits per heavy atom. The van der Waals surface area contributed by atoms with Gasteiger partial charge in [-0.3, -0.25) is 4.90 Å². The second-order valence-corrected chi connectivity index (χ2v) is 8.96. The number of aromatic nitrogens is 1. The second kappa shape index (κ2) is 9.44. The van der Waals surface area contributed by atoms with Crippen molar-refractivity contribution < 1.29 is 22.3 Å². The number of hydrogen-bond donors (Lipinski definition) is 1. The van der Waals surface area contributed by atoms with Gasteiger partial charge in [0.1, 0.15) is 16.7 Å². The average molecular weight is 436 g/mol. The highest BCUT2D eigenvalue weighted by atomic mass is 32.2. The smallest absolute Gasteiger partial charge is 0.246 e. The Hall–Kier alpha value is -2.65. The molecule has 0 radical (unpaired) electrons. The standard InChI is InChI=1S/C19H25N5O5S/c1-23(2)30(25,26)17-12-14(4-5-16(17)27-3)18-22-15(13-20)19(29-18)21-6-7-24-8-10-28-11-9-24/h4-5,12,21H,6-11H2,1-3H3. The predicted octanol–water partition coefficient (Wildman–Crippen LogP) is 1.22. The van der Waals surface area contributed by atoms with Crippen LogP contribution < -0.4 is 10.1 Å². The van der Waals surface area contributed by atoms with E-state index >= 15 is 0 Å². The van der Waals surface area contributed by atoms with Gasteiger partial charge in [-0.05, 0) is 18.2 Å². The van der Waals surface area contributed by atoms with Crippen molar-refractivity contribution in [2.45, 2.75) is 4.90 Å². The molecule has 0 aliphatic carbocycles. The van der Waals surface area contributed by atoms with Crippen molar-refractivity contribution in [3.63, 3.8) is 0 Å². The first-order valence-corrected chi connectivity index (χ1v) is 10.9. The first-order chi connectivity index (χ1) is 14.4. The summed E-state index contributed by atoms with van der Waals surface area (Å²) < 4.78 is 42.6. The van der Waals surface area contributed by atoms with E-state index in [1.807, 2.05) is 6.07 Å². The molecule has 1 aliphatic rings. The van der Waals surface area contributed by atoms with Crippen LogP contribution in [0.2, 0.25) is 0 Å². The molecule has 1 fully saturated rings. The number of benzene rings is 1. The Morgan fingerprint density at radius 3 is 2.70 bits per heavy atom. The molecule has 1 aromatic heterocycles. The van der Waals surface area contributed by atoms with Crippen LogP contribution >= 0.6 is 0 Å². The van der Waals surface area contributed by atoms with Crippen LogP contribution in [0, 0.1) is 11.3 Å². The first kappa shape index (κ1) is 22.0. The Kier molecular flexibility index (Phi) is 6.94. The van der Waals surface area contributed by atoms with Crippen molar-refractivity contribution in [2.24, 2.45) is 0 Å². The quantitative estimate of drug-likeness (QED) is 0.652. The van der Waals surface area contributed by atoms with E-state index in [4.69, 9.17) is 13.9 Å². The number of nitrogens with zero attached hydrogens (tertiary/aromatic N) is 4. The number of sulfonamides is 1. The number of oxazole rings is 1. The fourth-order valence-corrected chi connectivity index (χ4v) is 4.07. The zero-order chi connectivity index (χ0) is 21.7. The molecule has 1 aromatic carbocycles. The van der Waals surface area contributed by atoms with Gasteiger partial charge in [-0.15, -0.1) is 0 Å². The lowest BCUT2D eigenvalue weighted by molar-refractivity contribution is 0.0398. The fourth-order valence-electron chi connectivity index (χ4n) is 3.00. The van der Waals surface area contributed by atoms with Crippen molar-refractivity contribution >= 4 is 15.9 Å². The molecule has 162 valence electrons. The monoisotopic (exact) mass is 435 g/mol. The van der Waals surface area contributed by atoms with Crippen molar-refractivity contribution in [2.75, 3.05) is 65.9 Å². The minimum absolute atomic E-state index is 0.00830. The molecule has 0 bridgehead atoms. The number of methoxy groups -OCH3 is 1. The van der Waals surface area contributed by atoms with Crippen LogP contribution in [0.15, 0.2) is 27.5 Å². The average Bonchev–Trinajstić information content (AvgIpc) is 3.17. The van der Waals surface area contributed by atoms with Crippen LogP contribution in [-0.4, -0.2) is 83.2 Å². The van der Waals surface area contributed by atoms with E-state index in [1.54, 1.807) is 6.07 Å². The summed E-state index contributed by atoms with van der Waals surface area (Å²) in [4.78, 5) is 6.46. The Balaban J connectivity index is 1.83. The number of nitrogens with one attached hydrogen (secondary N) is 1. The van der Waals surface area contributed by atoms with Gasteiger partial charge in [0.25, 0.3) is 0 Å². The molecule has 0 atom stereocenters. The Morgan fingerprint density at radius 1 is 1.33 bits per heavy atom. The lowest BCUT2D eigenvalue weighted by atomic mass is 10.2. The Bertz CT molecular complexity index is 1020. The van der Waals surface area contributed by atoms with Gasteiger partial charge in [-0.2, -0.15) is 10.2 Å². The summed E-state index contributed by atoms with van der Waals surface area (Å²) >= 11 is 0. The molecule has 1 saturated heterocycles. The minimum Gasteiger partial charge on any atom is -0.495 e. The molecular weight excluding hydrogens is 410 g/mol. The third-order valence-corrected chi connectivity index (χ3v) is 6.56. The fraction of sp³-hybridized carbons (Fsp3) is 0.474. The third kappa shape index (κ3) is 4.73. The van der Waals surface area contributed by atoms with E-state index in [0.717, 1.165) is 23.9 Å². The zero-order valence-electron chi connectivity index (χ0n) is 17.2. The number of ether oxygens (including phenoxy) is 2. The van der Waals surface area contributed by atoms with E-state index < -0.39 is 10.0 Å². The maximum atomic E-state index is 12.6. The van der Waals surface area contributed by atoms with Gasteiger partial charge >= 0.3 is 0 Å². The van der Waals surface area contributed by atoms with E-state index in [9.17, 15) is 13.7 Å². The molecule has 2 heterocycles. The summed E-state index contributed by atoms with van der Waals surface area (Å²) in [6.07, 6.45) is 0. The van der Waals surface area contributed by atoms with Crippen molar-refractivity contribution in [3.05, 3.63) is 23.9 Å². The maximum absolute atomic E-state index is 12.6. The minimum atomic E-state index is -3.74. The molecule has 0 spiro atoms. The summed E-state index contributed by atoms with van der Waals surface area (Å²) in [5.41, 5.74) is 0.536. The number of hydrogen-bond acceptors (Lipinski definition) is 9. The molecule has 0 saturated carbocycles. The number of morpholine rings is 1. The SMILES string of the molecule is COc1ccc(-c2nc(C#N)c(NCCN3CCOCC3)o2)cc1S(=O)(=O)N(C)C. The molecule has 2 aromatic rings. The Labute approximate surface area is 176 Å². The number of rotatable bonds is 8. The molecule has 1 N–H and O–H groups in total. The molecule has 0 amide bonds. The van der Waals surface area contributed by atoms with Gasteiger partial charge in [0.2, 0.25) is 27.5 Å². The highest BCUT2D eigenvalue weighted by Crippen LogP contribution is 2.32. The van der Waals surface area contributed by atoms with Crippen LogP contribution in [0.3, 0.4) is 0 Å². The largest absolute Gasteiger partial charge is 0.495 e.